The van der Waals surface area contributed by atoms with Crippen molar-refractivity contribution in [1.82, 2.24) is 15.3 Å². The maximum Gasteiger partial charge on any atom is 0.251 e. The molecule has 0 spiro atoms. The Hall–Kier alpha value is -3.21. The summed E-state index contributed by atoms with van der Waals surface area (Å²) in [6.07, 6.45) is 5.67. The van der Waals surface area contributed by atoms with E-state index in [9.17, 15) is 4.79 Å². The molecule has 1 amide bonds. The zero-order chi connectivity index (χ0) is 16.6. The summed E-state index contributed by atoms with van der Waals surface area (Å²) < 4.78 is 5.71. The number of aromatic nitrogens is 2. The fourth-order valence-electron chi connectivity index (χ4n) is 2.18. The second-order valence-corrected chi connectivity index (χ2v) is 5.19. The average molecular weight is 319 g/mol. The van der Waals surface area contributed by atoms with Crippen LogP contribution >= 0.6 is 0 Å². The molecule has 0 bridgehead atoms. The normalized spacial score (nSPS) is 10.2. The molecule has 1 heterocycles. The topological polar surface area (TPSA) is 64.1 Å². The van der Waals surface area contributed by atoms with Crippen molar-refractivity contribution >= 4 is 5.91 Å². The number of nitrogens with one attached hydrogen (secondary N) is 1. The lowest BCUT2D eigenvalue weighted by Crippen LogP contribution is -2.25. The largest absolute Gasteiger partial charge is 0.457 e. The summed E-state index contributed by atoms with van der Waals surface area (Å²) in [5.41, 5.74) is 1.59. The van der Waals surface area contributed by atoms with Gasteiger partial charge in [-0.25, -0.2) is 9.97 Å². The molecular formula is C19H17N3O2. The van der Waals surface area contributed by atoms with Crippen LogP contribution in [0.15, 0.2) is 73.3 Å². The number of ether oxygens (including phenoxy) is 1. The molecule has 0 aliphatic rings. The third kappa shape index (κ3) is 4.39. The van der Waals surface area contributed by atoms with Gasteiger partial charge in [0.15, 0.2) is 0 Å². The fourth-order valence-corrected chi connectivity index (χ4v) is 2.18. The Morgan fingerprint density at radius 3 is 2.29 bits per heavy atom. The Morgan fingerprint density at radius 1 is 0.917 bits per heavy atom. The van der Waals surface area contributed by atoms with Gasteiger partial charge < -0.3 is 10.1 Å². The molecule has 2 aromatic carbocycles. The summed E-state index contributed by atoms with van der Waals surface area (Å²) in [7, 11) is 0. The first-order valence-corrected chi connectivity index (χ1v) is 7.66. The smallest absolute Gasteiger partial charge is 0.251 e. The summed E-state index contributed by atoms with van der Waals surface area (Å²) in [4.78, 5) is 20.0. The van der Waals surface area contributed by atoms with Crippen LogP contribution in [0, 0.1) is 0 Å². The molecule has 0 radical (unpaired) electrons. The van der Waals surface area contributed by atoms with Crippen LogP contribution in [0.5, 0.6) is 11.5 Å². The SMILES string of the molecule is O=C(NCCc1cncnc1)c1ccc(Oc2ccccc2)cc1. The highest BCUT2D eigenvalue weighted by atomic mass is 16.5. The Bertz CT molecular complexity index is 775. The molecule has 3 aromatic rings. The average Bonchev–Trinajstić information content (AvgIpc) is 2.64. The highest BCUT2D eigenvalue weighted by Gasteiger charge is 2.05. The molecule has 0 fully saturated rings. The number of benzene rings is 2. The number of hydrogen-bond acceptors (Lipinski definition) is 4. The zero-order valence-electron chi connectivity index (χ0n) is 13.1. The van der Waals surface area contributed by atoms with Crippen molar-refractivity contribution in [3.63, 3.8) is 0 Å². The zero-order valence-corrected chi connectivity index (χ0v) is 13.1. The minimum atomic E-state index is -0.113. The minimum Gasteiger partial charge on any atom is -0.457 e. The van der Waals surface area contributed by atoms with Crippen LogP contribution in [-0.4, -0.2) is 22.4 Å². The van der Waals surface area contributed by atoms with Gasteiger partial charge in [0.1, 0.15) is 17.8 Å². The van der Waals surface area contributed by atoms with E-state index in [2.05, 4.69) is 15.3 Å². The van der Waals surface area contributed by atoms with Crippen LogP contribution in [0.1, 0.15) is 15.9 Å². The molecule has 5 nitrogen and oxygen atoms in total. The van der Waals surface area contributed by atoms with E-state index in [4.69, 9.17) is 4.74 Å². The maximum absolute atomic E-state index is 12.1. The van der Waals surface area contributed by atoms with Crippen molar-refractivity contribution in [3.05, 3.63) is 84.4 Å². The number of rotatable bonds is 6. The van der Waals surface area contributed by atoms with Gasteiger partial charge in [0.05, 0.1) is 0 Å². The van der Waals surface area contributed by atoms with Crippen molar-refractivity contribution < 1.29 is 9.53 Å². The van der Waals surface area contributed by atoms with Gasteiger partial charge in [-0.2, -0.15) is 0 Å². The van der Waals surface area contributed by atoms with Crippen LogP contribution in [0.25, 0.3) is 0 Å². The lowest BCUT2D eigenvalue weighted by atomic mass is 10.2. The van der Waals surface area contributed by atoms with E-state index in [1.165, 1.54) is 6.33 Å². The van der Waals surface area contributed by atoms with Crippen molar-refractivity contribution in [1.29, 1.82) is 0 Å². The summed E-state index contributed by atoms with van der Waals surface area (Å²) in [6, 6.07) is 16.6. The van der Waals surface area contributed by atoms with E-state index < -0.39 is 0 Å². The number of carbonyl (C=O) groups is 1. The van der Waals surface area contributed by atoms with Gasteiger partial charge >= 0.3 is 0 Å². The standard InChI is InChI=1S/C19H17N3O2/c23-19(22-11-10-15-12-20-14-21-13-15)16-6-8-18(9-7-16)24-17-4-2-1-3-5-17/h1-9,12-14H,10-11H2,(H,22,23). The molecule has 3 rings (SSSR count). The molecule has 0 saturated heterocycles. The van der Waals surface area contributed by atoms with E-state index in [-0.39, 0.29) is 5.91 Å². The van der Waals surface area contributed by atoms with E-state index in [1.807, 2.05) is 30.3 Å². The van der Waals surface area contributed by atoms with Gasteiger partial charge in [-0.3, -0.25) is 4.79 Å². The number of hydrogen-bond donors (Lipinski definition) is 1. The molecule has 1 aromatic heterocycles. The van der Waals surface area contributed by atoms with Gasteiger partial charge in [-0.15, -0.1) is 0 Å². The highest BCUT2D eigenvalue weighted by molar-refractivity contribution is 5.94. The van der Waals surface area contributed by atoms with E-state index >= 15 is 0 Å². The Morgan fingerprint density at radius 2 is 1.58 bits per heavy atom. The first-order valence-electron chi connectivity index (χ1n) is 7.66. The van der Waals surface area contributed by atoms with Gasteiger partial charge in [-0.1, -0.05) is 18.2 Å². The van der Waals surface area contributed by atoms with Crippen molar-refractivity contribution in [3.8, 4) is 11.5 Å². The van der Waals surface area contributed by atoms with Crippen LogP contribution in [0.4, 0.5) is 0 Å². The van der Waals surface area contributed by atoms with Crippen LogP contribution in [0.3, 0.4) is 0 Å². The molecule has 0 unspecified atom stereocenters. The van der Waals surface area contributed by atoms with E-state index in [0.717, 1.165) is 11.3 Å². The van der Waals surface area contributed by atoms with E-state index in [0.29, 0.717) is 24.3 Å². The van der Waals surface area contributed by atoms with Gasteiger partial charge in [0.2, 0.25) is 0 Å². The maximum atomic E-state index is 12.1. The van der Waals surface area contributed by atoms with Gasteiger partial charge in [0, 0.05) is 24.5 Å². The van der Waals surface area contributed by atoms with Crippen molar-refractivity contribution in [2.24, 2.45) is 0 Å². The highest BCUT2D eigenvalue weighted by Crippen LogP contribution is 2.21. The number of carbonyl (C=O) groups excluding carboxylic acids is 1. The number of amides is 1. The van der Waals surface area contributed by atoms with Crippen molar-refractivity contribution in [2.75, 3.05) is 6.54 Å². The summed E-state index contributed by atoms with van der Waals surface area (Å²) in [6.45, 7) is 0.536. The molecule has 24 heavy (non-hydrogen) atoms. The molecule has 0 aliphatic carbocycles. The van der Waals surface area contributed by atoms with E-state index in [1.54, 1.807) is 36.7 Å². The molecular weight excluding hydrogens is 302 g/mol. The predicted octanol–water partition coefficient (Wildman–Crippen LogP) is 3.24. The Kier molecular flexibility index (Phi) is 5.14. The Labute approximate surface area is 140 Å². The second kappa shape index (κ2) is 7.87. The van der Waals surface area contributed by atoms with Crippen LogP contribution in [-0.2, 0) is 6.42 Å². The van der Waals surface area contributed by atoms with Crippen molar-refractivity contribution in [2.45, 2.75) is 6.42 Å². The Balaban J connectivity index is 1.52. The molecule has 0 atom stereocenters. The first kappa shape index (κ1) is 15.7. The molecule has 0 aliphatic heterocycles. The third-order valence-corrected chi connectivity index (χ3v) is 3.41. The van der Waals surface area contributed by atoms with Crippen LogP contribution in [0.2, 0.25) is 0 Å². The fraction of sp³-hybridized carbons (Fsp3) is 0.105. The number of nitrogens with zero attached hydrogens (tertiary/aromatic N) is 2. The second-order valence-electron chi connectivity index (χ2n) is 5.19. The lowest BCUT2D eigenvalue weighted by molar-refractivity contribution is 0.0954. The van der Waals surface area contributed by atoms with Gasteiger partial charge in [0.25, 0.3) is 5.91 Å². The summed E-state index contributed by atoms with van der Waals surface area (Å²) >= 11 is 0. The third-order valence-electron chi connectivity index (χ3n) is 3.41. The quantitative estimate of drug-likeness (QED) is 0.757. The van der Waals surface area contributed by atoms with Crippen LogP contribution < -0.4 is 10.1 Å². The summed E-state index contributed by atoms with van der Waals surface area (Å²) in [5.74, 6) is 1.34. The molecule has 1 N–H and O–H groups in total. The number of para-hydroxylation sites is 1. The monoisotopic (exact) mass is 319 g/mol. The van der Waals surface area contributed by atoms with Gasteiger partial charge in [-0.05, 0) is 48.4 Å². The molecule has 5 heteroatoms. The summed E-state index contributed by atoms with van der Waals surface area (Å²) in [5, 5.41) is 2.88. The first-order chi connectivity index (χ1) is 11.8. The predicted molar refractivity (Wildman–Crippen MR) is 91.0 cm³/mol. The molecule has 0 saturated carbocycles. The lowest BCUT2D eigenvalue weighted by Gasteiger charge is -2.07. The minimum absolute atomic E-state index is 0.113. The molecule has 120 valence electrons.